The summed E-state index contributed by atoms with van der Waals surface area (Å²) < 4.78 is 39.2. The van der Waals surface area contributed by atoms with E-state index in [1.54, 1.807) is 0 Å². The first-order valence-electron chi connectivity index (χ1n) is 12.0. The molecule has 2 aromatic carbocycles. The van der Waals surface area contributed by atoms with E-state index in [0.29, 0.717) is 29.8 Å². The summed E-state index contributed by atoms with van der Waals surface area (Å²) in [7, 11) is 0. The lowest BCUT2D eigenvalue weighted by atomic mass is 9.78. The molecule has 0 bridgehead atoms. The number of benzene rings is 2. The number of oxazole rings is 1. The third-order valence-electron chi connectivity index (χ3n) is 7.42. The van der Waals surface area contributed by atoms with E-state index >= 15 is 0 Å². The van der Waals surface area contributed by atoms with Crippen molar-refractivity contribution in [3.8, 4) is 17.2 Å². The van der Waals surface area contributed by atoms with Crippen LogP contribution in [0.4, 0.5) is 8.78 Å². The highest BCUT2D eigenvalue weighted by atomic mass is 19.3. The average molecular weight is 491 g/mol. The van der Waals surface area contributed by atoms with Crippen molar-refractivity contribution in [3.63, 3.8) is 0 Å². The monoisotopic (exact) mass is 490 g/mol. The lowest BCUT2D eigenvalue weighted by molar-refractivity contribution is -0.134. The van der Waals surface area contributed by atoms with Gasteiger partial charge in [0.15, 0.2) is 12.0 Å². The Morgan fingerprint density at radius 1 is 1.00 bits per heavy atom. The number of nitrogens with zero attached hydrogens (tertiary/aromatic N) is 2. The molecular formula is C27H24F2N4O3. The Bertz CT molecular complexity index is 1500. The number of halogens is 2. The van der Waals surface area contributed by atoms with Crippen LogP contribution in [-0.4, -0.2) is 27.9 Å². The Morgan fingerprint density at radius 3 is 2.50 bits per heavy atom. The predicted molar refractivity (Wildman–Crippen MR) is 128 cm³/mol. The molecule has 0 spiro atoms. The summed E-state index contributed by atoms with van der Waals surface area (Å²) in [5.74, 6) is -2.58. The third-order valence-corrected chi connectivity index (χ3v) is 7.42. The standard InChI is InChI=1S/C27H24F2N4O3/c28-27(29)9-7-26(8-10-27,24(34)33-25(15-30)5-6-25)32-14-20-11-19-2-1-18(13-23(19)36-20)17-3-4-22-21(12-17)31-16-35-22/h1-4,11-13,16,32H,5-10,14H2,(H,33,34). The van der Waals surface area contributed by atoms with Crippen molar-refractivity contribution in [2.45, 2.75) is 62.1 Å². The van der Waals surface area contributed by atoms with Crippen LogP contribution in [0.5, 0.6) is 0 Å². The van der Waals surface area contributed by atoms with E-state index in [4.69, 9.17) is 8.83 Å². The molecule has 2 aromatic heterocycles. The number of rotatable bonds is 6. The molecule has 2 fully saturated rings. The average Bonchev–Trinajstić information content (AvgIpc) is 3.29. The number of carbonyl (C=O) groups excluding carboxylic acids is 1. The molecule has 0 radical (unpaired) electrons. The van der Waals surface area contributed by atoms with Crippen LogP contribution < -0.4 is 10.6 Å². The van der Waals surface area contributed by atoms with Crippen LogP contribution >= 0.6 is 0 Å². The van der Waals surface area contributed by atoms with E-state index in [1.807, 2.05) is 42.5 Å². The van der Waals surface area contributed by atoms with Crippen molar-refractivity contribution in [3.05, 3.63) is 54.6 Å². The Balaban J connectivity index is 1.23. The van der Waals surface area contributed by atoms with Crippen LogP contribution in [0.2, 0.25) is 0 Å². The Labute approximate surface area is 205 Å². The number of furan rings is 1. The molecule has 1 amide bonds. The fourth-order valence-corrected chi connectivity index (χ4v) is 4.90. The van der Waals surface area contributed by atoms with E-state index in [2.05, 4.69) is 21.7 Å². The molecule has 2 aliphatic carbocycles. The normalized spacial score (nSPS) is 19.7. The van der Waals surface area contributed by atoms with E-state index < -0.39 is 22.9 Å². The maximum Gasteiger partial charge on any atom is 0.248 e. The smallest absolute Gasteiger partial charge is 0.248 e. The van der Waals surface area contributed by atoms with Crippen LogP contribution in [0, 0.1) is 11.3 Å². The van der Waals surface area contributed by atoms with Gasteiger partial charge in [0.05, 0.1) is 18.2 Å². The van der Waals surface area contributed by atoms with Crippen molar-refractivity contribution in [1.82, 2.24) is 15.6 Å². The van der Waals surface area contributed by atoms with Crippen molar-refractivity contribution in [2.24, 2.45) is 0 Å². The number of fused-ring (bicyclic) bond motifs is 2. The Kier molecular flexibility index (Phi) is 5.12. The maximum atomic E-state index is 13.9. The van der Waals surface area contributed by atoms with Crippen molar-refractivity contribution in [1.29, 1.82) is 5.26 Å². The second kappa shape index (κ2) is 8.14. The number of hydrogen-bond acceptors (Lipinski definition) is 6. The van der Waals surface area contributed by atoms with Crippen LogP contribution in [0.3, 0.4) is 0 Å². The summed E-state index contributed by atoms with van der Waals surface area (Å²) in [4.78, 5) is 17.4. The molecule has 6 rings (SSSR count). The minimum absolute atomic E-state index is 0.0117. The molecule has 0 atom stereocenters. The number of amides is 1. The van der Waals surface area contributed by atoms with Crippen molar-refractivity contribution >= 4 is 28.0 Å². The number of nitrogens with one attached hydrogen (secondary N) is 2. The summed E-state index contributed by atoms with van der Waals surface area (Å²) >= 11 is 0. The van der Waals surface area contributed by atoms with Gasteiger partial charge < -0.3 is 14.2 Å². The molecule has 2 N–H and O–H groups in total. The molecule has 0 aliphatic heterocycles. The van der Waals surface area contributed by atoms with Gasteiger partial charge in [-0.3, -0.25) is 10.1 Å². The number of carbonyl (C=O) groups is 1. The maximum absolute atomic E-state index is 13.9. The molecule has 7 nitrogen and oxygen atoms in total. The first-order valence-corrected chi connectivity index (χ1v) is 12.0. The van der Waals surface area contributed by atoms with Gasteiger partial charge in [0.25, 0.3) is 0 Å². The molecule has 0 unspecified atom stereocenters. The molecule has 0 saturated heterocycles. The van der Waals surface area contributed by atoms with Gasteiger partial charge in [0.2, 0.25) is 11.8 Å². The second-order valence-corrected chi connectivity index (χ2v) is 9.94. The summed E-state index contributed by atoms with van der Waals surface area (Å²) in [6.07, 6.45) is 1.78. The second-order valence-electron chi connectivity index (χ2n) is 9.94. The lowest BCUT2D eigenvalue weighted by Gasteiger charge is -2.39. The van der Waals surface area contributed by atoms with Gasteiger partial charge in [-0.15, -0.1) is 0 Å². The molecule has 2 heterocycles. The van der Waals surface area contributed by atoms with Crippen LogP contribution in [0.25, 0.3) is 33.2 Å². The highest BCUT2D eigenvalue weighted by Gasteiger charge is 2.52. The number of alkyl halides is 2. The van der Waals surface area contributed by atoms with Crippen molar-refractivity contribution in [2.75, 3.05) is 0 Å². The van der Waals surface area contributed by atoms with E-state index in [1.165, 1.54) is 6.39 Å². The van der Waals surface area contributed by atoms with Crippen LogP contribution in [0.1, 0.15) is 44.3 Å². The summed E-state index contributed by atoms with van der Waals surface area (Å²) in [5, 5.41) is 16.3. The molecule has 9 heteroatoms. The molecule has 4 aromatic rings. The van der Waals surface area contributed by atoms with Gasteiger partial charge in [0.1, 0.15) is 22.4 Å². The predicted octanol–water partition coefficient (Wildman–Crippen LogP) is 5.45. The third kappa shape index (κ3) is 4.11. The van der Waals surface area contributed by atoms with Gasteiger partial charge in [-0.1, -0.05) is 18.2 Å². The quantitative estimate of drug-likeness (QED) is 0.372. The summed E-state index contributed by atoms with van der Waals surface area (Å²) in [5.41, 5.74) is 2.05. The zero-order valence-electron chi connectivity index (χ0n) is 19.4. The number of nitriles is 1. The fourth-order valence-electron chi connectivity index (χ4n) is 4.90. The molecule has 184 valence electrons. The van der Waals surface area contributed by atoms with Crippen molar-refractivity contribution < 1.29 is 22.4 Å². The van der Waals surface area contributed by atoms with Crippen LogP contribution in [-0.2, 0) is 11.3 Å². The lowest BCUT2D eigenvalue weighted by Crippen LogP contribution is -2.61. The van der Waals surface area contributed by atoms with Gasteiger partial charge >= 0.3 is 0 Å². The zero-order chi connectivity index (χ0) is 25.0. The van der Waals surface area contributed by atoms with Crippen LogP contribution in [0.15, 0.2) is 57.7 Å². The minimum atomic E-state index is -2.79. The van der Waals surface area contributed by atoms with E-state index in [9.17, 15) is 18.8 Å². The zero-order valence-corrected chi connectivity index (χ0v) is 19.4. The first-order chi connectivity index (χ1) is 17.3. The SMILES string of the molecule is N#CC1(NC(=O)C2(NCc3cc4ccc(-c5ccc6ocnc6c5)cc4o3)CCC(F)(F)CC2)CC1. The highest BCUT2D eigenvalue weighted by molar-refractivity contribution is 5.88. The molecule has 2 aliphatic rings. The Morgan fingerprint density at radius 2 is 1.75 bits per heavy atom. The van der Waals surface area contributed by atoms with E-state index in [-0.39, 0.29) is 32.2 Å². The number of aromatic nitrogens is 1. The largest absolute Gasteiger partial charge is 0.460 e. The van der Waals surface area contributed by atoms with Gasteiger partial charge in [-0.2, -0.15) is 5.26 Å². The fraction of sp³-hybridized carbons (Fsp3) is 0.370. The van der Waals surface area contributed by atoms with Gasteiger partial charge in [-0.05, 0) is 61.1 Å². The Hall–Kier alpha value is -3.77. The highest BCUT2D eigenvalue weighted by Crippen LogP contribution is 2.41. The number of hydrogen-bond donors (Lipinski definition) is 2. The topological polar surface area (TPSA) is 104 Å². The molecule has 2 saturated carbocycles. The minimum Gasteiger partial charge on any atom is -0.460 e. The van der Waals surface area contributed by atoms with E-state index in [0.717, 1.165) is 22.0 Å². The molecular weight excluding hydrogens is 466 g/mol. The molecule has 36 heavy (non-hydrogen) atoms. The first kappa shape index (κ1) is 22.7. The summed E-state index contributed by atoms with van der Waals surface area (Å²) in [6, 6.07) is 15.7. The van der Waals surface area contributed by atoms with Gasteiger partial charge in [-0.25, -0.2) is 13.8 Å². The van der Waals surface area contributed by atoms with Gasteiger partial charge in [0, 0.05) is 18.2 Å². The summed E-state index contributed by atoms with van der Waals surface area (Å²) in [6.45, 7) is 0.202.